The second kappa shape index (κ2) is 9.22. The average Bonchev–Trinajstić information content (AvgIpc) is 2.47. The summed E-state index contributed by atoms with van der Waals surface area (Å²) < 4.78 is 0. The third-order valence-corrected chi connectivity index (χ3v) is 3.86. The maximum Gasteiger partial charge on any atom is 0.186 e. The van der Waals surface area contributed by atoms with Crippen LogP contribution in [-0.4, -0.2) is 48.5 Å². The number of nitrogens with zero attached hydrogens (tertiary/aromatic N) is 3. The molecule has 1 heterocycles. The van der Waals surface area contributed by atoms with Gasteiger partial charge in [-0.05, 0) is 17.7 Å². The Balaban J connectivity index is 0.00000220. The molecule has 0 saturated carbocycles. The lowest BCUT2D eigenvalue weighted by molar-refractivity contribution is 0.131. The molecule has 1 aromatic rings. The molecule has 4 N–H and O–H groups in total. The number of benzene rings is 1. The number of halogens is 1. The predicted octanol–water partition coefficient (Wildman–Crippen LogP) is 1.22. The van der Waals surface area contributed by atoms with Gasteiger partial charge < -0.3 is 16.4 Å². The summed E-state index contributed by atoms with van der Waals surface area (Å²) in [6.45, 7) is 9.49. The number of likely N-dealkylation sites (N-methyl/N-ethyl adjacent to an activating group) is 1. The lowest BCUT2D eigenvalue weighted by Crippen LogP contribution is -2.45. The van der Waals surface area contributed by atoms with Crippen molar-refractivity contribution in [2.75, 3.05) is 32.7 Å². The summed E-state index contributed by atoms with van der Waals surface area (Å²) in [6.07, 6.45) is 0. The number of nitrogens with two attached hydrogens (primary N) is 2. The first-order chi connectivity index (χ1) is 9.69. The van der Waals surface area contributed by atoms with Crippen molar-refractivity contribution < 1.29 is 0 Å². The zero-order valence-corrected chi connectivity index (χ0v) is 15.0. The Labute approximate surface area is 144 Å². The van der Waals surface area contributed by atoms with Crippen LogP contribution in [0.3, 0.4) is 0 Å². The lowest BCUT2D eigenvalue weighted by atomic mass is 10.1. The number of hydrogen-bond donors (Lipinski definition) is 2. The summed E-state index contributed by atoms with van der Waals surface area (Å²) in [5.74, 6) is 0.149. The third-order valence-electron chi connectivity index (χ3n) is 3.86. The Bertz CT molecular complexity index is 451. The van der Waals surface area contributed by atoms with Gasteiger partial charge in [-0.2, -0.15) is 0 Å². The molecule has 0 aliphatic carbocycles. The molecule has 0 aromatic heterocycles. The number of aliphatic imine (C=N–C) groups is 1. The molecule has 1 aliphatic heterocycles. The zero-order chi connectivity index (χ0) is 14.4. The summed E-state index contributed by atoms with van der Waals surface area (Å²) in [5.41, 5.74) is 13.4. The van der Waals surface area contributed by atoms with Gasteiger partial charge in [0.15, 0.2) is 5.96 Å². The fraction of sp³-hybridized carbons (Fsp3) is 0.533. The molecule has 0 radical (unpaired) electrons. The van der Waals surface area contributed by atoms with Crippen molar-refractivity contribution >= 4 is 29.9 Å². The van der Waals surface area contributed by atoms with Crippen molar-refractivity contribution in [1.29, 1.82) is 0 Å². The van der Waals surface area contributed by atoms with E-state index >= 15 is 0 Å². The molecule has 0 bridgehead atoms. The molecule has 6 heteroatoms. The van der Waals surface area contributed by atoms with E-state index in [1.807, 2.05) is 6.07 Å². The van der Waals surface area contributed by atoms with E-state index in [-0.39, 0.29) is 29.9 Å². The highest BCUT2D eigenvalue weighted by Crippen LogP contribution is 2.14. The van der Waals surface area contributed by atoms with Gasteiger partial charge in [-0.15, -0.1) is 24.0 Å². The molecule has 0 atom stereocenters. The maximum absolute atomic E-state index is 5.42. The molecule has 118 valence electrons. The molecule has 5 nitrogen and oxygen atoms in total. The van der Waals surface area contributed by atoms with Gasteiger partial charge >= 0.3 is 0 Å². The van der Waals surface area contributed by atoms with E-state index in [0.717, 1.165) is 39.3 Å². The Morgan fingerprint density at radius 1 is 1.05 bits per heavy atom. The van der Waals surface area contributed by atoms with Gasteiger partial charge in [0.1, 0.15) is 0 Å². The second-order valence-corrected chi connectivity index (χ2v) is 5.22. The van der Waals surface area contributed by atoms with E-state index in [0.29, 0.717) is 6.54 Å². The topological polar surface area (TPSA) is 70.9 Å². The first-order valence-electron chi connectivity index (χ1n) is 7.26. The molecule has 21 heavy (non-hydrogen) atoms. The highest BCUT2D eigenvalue weighted by molar-refractivity contribution is 14.0. The molecule has 0 unspecified atom stereocenters. The van der Waals surface area contributed by atoms with Gasteiger partial charge in [0.05, 0.1) is 6.54 Å². The van der Waals surface area contributed by atoms with Crippen LogP contribution in [0.2, 0.25) is 0 Å². The number of hydrogen-bond acceptors (Lipinski definition) is 3. The van der Waals surface area contributed by atoms with Crippen molar-refractivity contribution in [3.63, 3.8) is 0 Å². The SMILES string of the molecule is CCN1CCN(Cc2ccccc2CN=C(N)N)CC1.I. The van der Waals surface area contributed by atoms with Crippen LogP contribution >= 0.6 is 24.0 Å². The fourth-order valence-corrected chi connectivity index (χ4v) is 2.55. The minimum absolute atomic E-state index is 0. The van der Waals surface area contributed by atoms with Gasteiger partial charge in [0.25, 0.3) is 0 Å². The Morgan fingerprint density at radius 3 is 2.19 bits per heavy atom. The van der Waals surface area contributed by atoms with E-state index < -0.39 is 0 Å². The zero-order valence-electron chi connectivity index (χ0n) is 12.7. The molecule has 1 saturated heterocycles. The molecular weight excluding hydrogens is 377 g/mol. The Hall–Kier alpha value is -0.860. The molecular formula is C15H26IN5. The first-order valence-corrected chi connectivity index (χ1v) is 7.26. The second-order valence-electron chi connectivity index (χ2n) is 5.22. The van der Waals surface area contributed by atoms with E-state index in [2.05, 4.69) is 39.9 Å². The van der Waals surface area contributed by atoms with Crippen LogP contribution in [0.5, 0.6) is 0 Å². The smallest absolute Gasteiger partial charge is 0.186 e. The Morgan fingerprint density at radius 2 is 1.62 bits per heavy atom. The van der Waals surface area contributed by atoms with E-state index in [9.17, 15) is 0 Å². The van der Waals surface area contributed by atoms with Crippen molar-refractivity contribution in [3.8, 4) is 0 Å². The third kappa shape index (κ3) is 5.80. The van der Waals surface area contributed by atoms with Crippen LogP contribution in [0.25, 0.3) is 0 Å². The fourth-order valence-electron chi connectivity index (χ4n) is 2.55. The van der Waals surface area contributed by atoms with Crippen LogP contribution in [0.15, 0.2) is 29.3 Å². The van der Waals surface area contributed by atoms with Crippen molar-refractivity contribution in [2.24, 2.45) is 16.5 Å². The molecule has 1 aromatic carbocycles. The van der Waals surface area contributed by atoms with E-state index in [1.165, 1.54) is 11.1 Å². The molecule has 0 spiro atoms. The molecule has 1 fully saturated rings. The summed E-state index contributed by atoms with van der Waals surface area (Å²) in [5, 5.41) is 0. The molecule has 2 rings (SSSR count). The molecule has 0 amide bonds. The molecule has 1 aliphatic rings. The lowest BCUT2D eigenvalue weighted by Gasteiger charge is -2.34. The summed E-state index contributed by atoms with van der Waals surface area (Å²) in [7, 11) is 0. The van der Waals surface area contributed by atoms with E-state index in [1.54, 1.807) is 0 Å². The van der Waals surface area contributed by atoms with Crippen LogP contribution in [0.1, 0.15) is 18.1 Å². The van der Waals surface area contributed by atoms with Crippen molar-refractivity contribution in [2.45, 2.75) is 20.0 Å². The quantitative estimate of drug-likeness (QED) is 0.441. The summed E-state index contributed by atoms with van der Waals surface area (Å²) >= 11 is 0. The van der Waals surface area contributed by atoms with Gasteiger partial charge in [-0.3, -0.25) is 4.90 Å². The number of rotatable bonds is 5. The number of guanidine groups is 1. The predicted molar refractivity (Wildman–Crippen MR) is 98.8 cm³/mol. The first kappa shape index (κ1) is 18.2. The van der Waals surface area contributed by atoms with Crippen molar-refractivity contribution in [1.82, 2.24) is 9.80 Å². The van der Waals surface area contributed by atoms with E-state index in [4.69, 9.17) is 11.5 Å². The van der Waals surface area contributed by atoms with Gasteiger partial charge in [-0.25, -0.2) is 4.99 Å². The largest absolute Gasteiger partial charge is 0.370 e. The van der Waals surface area contributed by atoms with Gasteiger partial charge in [0.2, 0.25) is 0 Å². The van der Waals surface area contributed by atoms with Gasteiger partial charge in [-0.1, -0.05) is 31.2 Å². The van der Waals surface area contributed by atoms with Crippen molar-refractivity contribution in [3.05, 3.63) is 35.4 Å². The minimum atomic E-state index is 0. The van der Waals surface area contributed by atoms with Crippen LogP contribution in [0, 0.1) is 0 Å². The van der Waals surface area contributed by atoms with Crippen LogP contribution in [-0.2, 0) is 13.1 Å². The summed E-state index contributed by atoms with van der Waals surface area (Å²) in [4.78, 5) is 9.11. The standard InChI is InChI=1S/C15H25N5.HI/c1-2-19-7-9-20(10-8-19)12-14-6-4-3-5-13(14)11-18-15(16)17;/h3-6H,2,7-12H2,1H3,(H4,16,17,18);1H. The highest BCUT2D eigenvalue weighted by Gasteiger charge is 2.16. The number of piperazine rings is 1. The maximum atomic E-state index is 5.42. The minimum Gasteiger partial charge on any atom is -0.370 e. The summed E-state index contributed by atoms with van der Waals surface area (Å²) in [6, 6.07) is 8.39. The van der Waals surface area contributed by atoms with Crippen LogP contribution < -0.4 is 11.5 Å². The normalized spacial score (nSPS) is 16.2. The highest BCUT2D eigenvalue weighted by atomic mass is 127. The Kier molecular flexibility index (Phi) is 7.98. The monoisotopic (exact) mass is 403 g/mol. The average molecular weight is 403 g/mol. The van der Waals surface area contributed by atoms with Gasteiger partial charge in [0, 0.05) is 32.7 Å². The van der Waals surface area contributed by atoms with Crippen LogP contribution in [0.4, 0.5) is 0 Å².